The fraction of sp³-hybridized carbons (Fsp3) is 0.231. The molecule has 5 heteroatoms. The molecule has 0 aliphatic rings. The Bertz CT molecular complexity index is 683. The van der Waals surface area contributed by atoms with Gasteiger partial charge in [0.25, 0.3) is 0 Å². The average Bonchev–Trinajstić information content (AvgIpc) is 2.95. The molecule has 3 rings (SSSR count). The van der Waals surface area contributed by atoms with Crippen LogP contribution in [-0.4, -0.2) is 14.7 Å². The van der Waals surface area contributed by atoms with Gasteiger partial charge >= 0.3 is 0 Å². The maximum atomic E-state index is 5.76. The Morgan fingerprint density at radius 1 is 1.33 bits per heavy atom. The van der Waals surface area contributed by atoms with Gasteiger partial charge in [-0.15, -0.1) is 0 Å². The third-order valence-corrected chi connectivity index (χ3v) is 2.97. The minimum absolute atomic E-state index is 0.524. The number of nitrogens with two attached hydrogens (primary N) is 1. The van der Waals surface area contributed by atoms with Gasteiger partial charge in [0.2, 0.25) is 5.89 Å². The van der Waals surface area contributed by atoms with E-state index >= 15 is 0 Å². The largest absolute Gasteiger partial charge is 0.338 e. The molecule has 0 aliphatic carbocycles. The number of rotatable bonds is 3. The van der Waals surface area contributed by atoms with Crippen molar-refractivity contribution in [3.05, 3.63) is 47.7 Å². The zero-order valence-corrected chi connectivity index (χ0v) is 10.1. The zero-order valence-electron chi connectivity index (χ0n) is 10.1. The Labute approximate surface area is 104 Å². The molecule has 2 N–H and O–H groups in total. The van der Waals surface area contributed by atoms with Crippen molar-refractivity contribution in [3.63, 3.8) is 0 Å². The topological polar surface area (TPSA) is 69.9 Å². The Kier molecular flexibility index (Phi) is 2.60. The van der Waals surface area contributed by atoms with Gasteiger partial charge in [-0.05, 0) is 18.6 Å². The van der Waals surface area contributed by atoms with E-state index < -0.39 is 0 Å². The van der Waals surface area contributed by atoms with Gasteiger partial charge in [0, 0.05) is 23.6 Å². The van der Waals surface area contributed by atoms with E-state index in [9.17, 15) is 0 Å². The number of benzene rings is 1. The van der Waals surface area contributed by atoms with Crippen LogP contribution in [0.3, 0.4) is 0 Å². The third kappa shape index (κ3) is 1.78. The molecule has 0 spiro atoms. The number of para-hydroxylation sites is 1. The fourth-order valence-corrected chi connectivity index (χ4v) is 2.17. The normalized spacial score (nSPS) is 11.2. The van der Waals surface area contributed by atoms with Crippen LogP contribution in [0, 0.1) is 6.92 Å². The van der Waals surface area contributed by atoms with Crippen LogP contribution in [0.5, 0.6) is 0 Å². The third-order valence-electron chi connectivity index (χ3n) is 2.97. The van der Waals surface area contributed by atoms with Crippen LogP contribution in [0.1, 0.15) is 17.3 Å². The summed E-state index contributed by atoms with van der Waals surface area (Å²) in [4.78, 5) is 4.22. The highest BCUT2D eigenvalue weighted by Crippen LogP contribution is 2.21. The molecular formula is C13H14N4O. The molecule has 18 heavy (non-hydrogen) atoms. The van der Waals surface area contributed by atoms with E-state index in [0.717, 1.165) is 11.1 Å². The maximum absolute atomic E-state index is 5.76. The molecule has 0 aliphatic heterocycles. The molecule has 0 saturated carbocycles. The quantitative estimate of drug-likeness (QED) is 0.760. The summed E-state index contributed by atoms with van der Waals surface area (Å²) in [5.41, 5.74) is 8.02. The van der Waals surface area contributed by atoms with E-state index in [1.54, 1.807) is 0 Å². The molecule has 0 unspecified atom stereocenters. The molecule has 0 atom stereocenters. The van der Waals surface area contributed by atoms with Crippen molar-refractivity contribution in [1.82, 2.24) is 14.7 Å². The minimum atomic E-state index is 0.524. The van der Waals surface area contributed by atoms with E-state index in [1.165, 1.54) is 5.39 Å². The van der Waals surface area contributed by atoms with Crippen molar-refractivity contribution in [3.8, 4) is 0 Å². The van der Waals surface area contributed by atoms with E-state index in [0.29, 0.717) is 24.8 Å². The Morgan fingerprint density at radius 2 is 2.17 bits per heavy atom. The predicted octanol–water partition coefficient (Wildman–Crippen LogP) is 1.84. The van der Waals surface area contributed by atoms with Crippen LogP contribution in [0.2, 0.25) is 0 Å². The Hall–Kier alpha value is -2.14. The molecule has 0 radical (unpaired) electrons. The molecule has 5 nitrogen and oxygen atoms in total. The molecule has 2 aromatic heterocycles. The summed E-state index contributed by atoms with van der Waals surface area (Å²) in [5, 5.41) is 4.97. The van der Waals surface area contributed by atoms with Crippen molar-refractivity contribution in [2.45, 2.75) is 20.0 Å². The molecule has 0 fully saturated rings. The summed E-state index contributed by atoms with van der Waals surface area (Å²) >= 11 is 0. The molecule has 0 amide bonds. The summed E-state index contributed by atoms with van der Waals surface area (Å²) in [6, 6.07) is 8.17. The lowest BCUT2D eigenvalue weighted by Crippen LogP contribution is -1.99. The molecule has 0 bridgehead atoms. The fourth-order valence-electron chi connectivity index (χ4n) is 2.17. The Balaban J connectivity index is 2.06. The van der Waals surface area contributed by atoms with Gasteiger partial charge in [0.1, 0.15) is 6.54 Å². The number of aryl methyl sites for hydroxylation is 1. The van der Waals surface area contributed by atoms with Crippen molar-refractivity contribution in [2.24, 2.45) is 5.73 Å². The zero-order chi connectivity index (χ0) is 12.5. The van der Waals surface area contributed by atoms with Gasteiger partial charge in [0.15, 0.2) is 5.82 Å². The summed E-state index contributed by atoms with van der Waals surface area (Å²) in [6.45, 7) is 2.91. The van der Waals surface area contributed by atoms with Crippen LogP contribution >= 0.6 is 0 Å². The second kappa shape index (κ2) is 4.27. The molecule has 92 valence electrons. The van der Waals surface area contributed by atoms with Gasteiger partial charge in [-0.1, -0.05) is 23.4 Å². The van der Waals surface area contributed by atoms with E-state index in [4.69, 9.17) is 10.3 Å². The van der Waals surface area contributed by atoms with Gasteiger partial charge in [-0.2, -0.15) is 4.98 Å². The van der Waals surface area contributed by atoms with Gasteiger partial charge in [-0.3, -0.25) is 0 Å². The highest BCUT2D eigenvalue weighted by atomic mass is 16.5. The Morgan fingerprint density at radius 3 is 2.89 bits per heavy atom. The number of hydrogen-bond acceptors (Lipinski definition) is 4. The summed E-state index contributed by atoms with van der Waals surface area (Å²) in [6.07, 6.45) is 2.05. The van der Waals surface area contributed by atoms with E-state index in [2.05, 4.69) is 26.8 Å². The van der Waals surface area contributed by atoms with Crippen molar-refractivity contribution >= 4 is 10.9 Å². The SMILES string of the molecule is Cc1noc(Cn2cc(CN)c3ccccc32)n1. The van der Waals surface area contributed by atoms with Crippen LogP contribution in [-0.2, 0) is 13.1 Å². The standard InChI is InChI=1S/C13H14N4O/c1-9-15-13(18-16-9)8-17-7-10(6-14)11-4-2-3-5-12(11)17/h2-5,7H,6,8,14H2,1H3. The molecule has 1 aromatic carbocycles. The van der Waals surface area contributed by atoms with Crippen LogP contribution in [0.25, 0.3) is 10.9 Å². The summed E-state index contributed by atoms with van der Waals surface area (Å²) < 4.78 is 7.23. The van der Waals surface area contributed by atoms with Crippen molar-refractivity contribution in [2.75, 3.05) is 0 Å². The van der Waals surface area contributed by atoms with Crippen LogP contribution < -0.4 is 5.73 Å². The predicted molar refractivity (Wildman–Crippen MR) is 68.0 cm³/mol. The monoisotopic (exact) mass is 242 g/mol. The first-order valence-corrected chi connectivity index (χ1v) is 5.84. The minimum Gasteiger partial charge on any atom is -0.338 e. The molecule has 3 aromatic rings. The number of aromatic nitrogens is 3. The molecule has 0 saturated heterocycles. The van der Waals surface area contributed by atoms with Gasteiger partial charge < -0.3 is 14.8 Å². The van der Waals surface area contributed by atoms with Crippen LogP contribution in [0.4, 0.5) is 0 Å². The molecular weight excluding hydrogens is 228 g/mol. The molecule has 2 heterocycles. The highest BCUT2D eigenvalue weighted by molar-refractivity contribution is 5.83. The van der Waals surface area contributed by atoms with Crippen molar-refractivity contribution in [1.29, 1.82) is 0 Å². The summed E-state index contributed by atoms with van der Waals surface area (Å²) in [7, 11) is 0. The first kappa shape index (κ1) is 11.0. The van der Waals surface area contributed by atoms with Crippen molar-refractivity contribution < 1.29 is 4.52 Å². The van der Waals surface area contributed by atoms with Gasteiger partial charge in [0.05, 0.1) is 0 Å². The average molecular weight is 242 g/mol. The number of hydrogen-bond donors (Lipinski definition) is 1. The van der Waals surface area contributed by atoms with Gasteiger partial charge in [-0.25, -0.2) is 0 Å². The lowest BCUT2D eigenvalue weighted by atomic mass is 10.2. The number of nitrogens with zero attached hydrogens (tertiary/aromatic N) is 3. The van der Waals surface area contributed by atoms with E-state index in [-0.39, 0.29) is 0 Å². The summed E-state index contributed by atoms with van der Waals surface area (Å²) in [5.74, 6) is 1.26. The van der Waals surface area contributed by atoms with Crippen LogP contribution in [0.15, 0.2) is 35.0 Å². The maximum Gasteiger partial charge on any atom is 0.246 e. The highest BCUT2D eigenvalue weighted by Gasteiger charge is 2.09. The van der Waals surface area contributed by atoms with E-state index in [1.807, 2.05) is 25.3 Å². The number of fused-ring (bicyclic) bond motifs is 1. The second-order valence-electron chi connectivity index (χ2n) is 4.24. The smallest absolute Gasteiger partial charge is 0.246 e. The lowest BCUT2D eigenvalue weighted by Gasteiger charge is -2.00. The first-order valence-electron chi connectivity index (χ1n) is 5.84. The second-order valence-corrected chi connectivity index (χ2v) is 4.24. The lowest BCUT2D eigenvalue weighted by molar-refractivity contribution is 0.369. The first-order chi connectivity index (χ1) is 8.78.